The lowest BCUT2D eigenvalue weighted by molar-refractivity contribution is -0.137. The molecule has 1 aromatic rings. The first kappa shape index (κ1) is 14.5. The normalized spacial score (nSPS) is 10.8. The zero-order valence-electron chi connectivity index (χ0n) is 9.25. The molecule has 0 bridgehead atoms. The molecular weight excluding hydrogens is 263 g/mol. The number of thioether (sulfide) groups is 1. The Bertz CT molecular complexity index is 465. The van der Waals surface area contributed by atoms with Gasteiger partial charge in [-0.3, -0.25) is 4.79 Å². The van der Waals surface area contributed by atoms with E-state index in [9.17, 15) is 18.0 Å². The van der Waals surface area contributed by atoms with Crippen LogP contribution in [0.1, 0.15) is 5.56 Å². The summed E-state index contributed by atoms with van der Waals surface area (Å²) in [5.41, 5.74) is -0.725. The number of hydrogen-bond acceptors (Lipinski definition) is 2. The van der Waals surface area contributed by atoms with Gasteiger partial charge >= 0.3 is 6.18 Å². The molecule has 0 saturated heterocycles. The molecule has 18 heavy (non-hydrogen) atoms. The van der Waals surface area contributed by atoms with Crippen LogP contribution in [-0.4, -0.2) is 18.2 Å². The Morgan fingerprint density at radius 2 is 2.17 bits per heavy atom. The Morgan fingerprint density at radius 1 is 1.44 bits per heavy atom. The van der Waals surface area contributed by atoms with E-state index < -0.39 is 11.7 Å². The van der Waals surface area contributed by atoms with Gasteiger partial charge in [-0.25, -0.2) is 0 Å². The van der Waals surface area contributed by atoms with E-state index in [2.05, 4.69) is 11.2 Å². The molecule has 1 aromatic carbocycles. The van der Waals surface area contributed by atoms with Gasteiger partial charge < -0.3 is 5.32 Å². The molecule has 0 fully saturated rings. The van der Waals surface area contributed by atoms with Crippen LogP contribution in [0.3, 0.4) is 0 Å². The predicted molar refractivity (Wildman–Crippen MR) is 64.0 cm³/mol. The largest absolute Gasteiger partial charge is 0.416 e. The zero-order valence-corrected chi connectivity index (χ0v) is 10.1. The Kier molecular flexibility index (Phi) is 5.10. The number of carbonyl (C=O) groups is 1. The quantitative estimate of drug-likeness (QED) is 0.674. The van der Waals surface area contributed by atoms with Gasteiger partial charge in [0.1, 0.15) is 0 Å². The van der Waals surface area contributed by atoms with Crippen LogP contribution >= 0.6 is 11.8 Å². The smallest absolute Gasteiger partial charge is 0.344 e. The minimum atomic E-state index is -4.37. The van der Waals surface area contributed by atoms with Gasteiger partial charge in [0.15, 0.2) is 0 Å². The zero-order chi connectivity index (χ0) is 13.6. The molecule has 2 nitrogen and oxygen atoms in total. The molecule has 1 rings (SSSR count). The van der Waals surface area contributed by atoms with Crippen LogP contribution in [0.15, 0.2) is 29.2 Å². The molecule has 0 heterocycles. The van der Waals surface area contributed by atoms with Gasteiger partial charge in [0.2, 0.25) is 5.91 Å². The lowest BCUT2D eigenvalue weighted by Gasteiger charge is -2.08. The first-order valence-corrected chi connectivity index (χ1v) is 5.92. The highest BCUT2D eigenvalue weighted by Gasteiger charge is 2.30. The lowest BCUT2D eigenvalue weighted by Crippen LogP contribution is -2.25. The van der Waals surface area contributed by atoms with Crippen LogP contribution in [0.25, 0.3) is 0 Å². The second-order valence-electron chi connectivity index (χ2n) is 3.30. The van der Waals surface area contributed by atoms with Crippen LogP contribution in [0, 0.1) is 12.3 Å². The summed E-state index contributed by atoms with van der Waals surface area (Å²) in [6.07, 6.45) is 0.583. The van der Waals surface area contributed by atoms with Crippen LogP contribution in [0.2, 0.25) is 0 Å². The van der Waals surface area contributed by atoms with Gasteiger partial charge in [0, 0.05) is 4.90 Å². The summed E-state index contributed by atoms with van der Waals surface area (Å²) in [5, 5.41) is 2.43. The maximum atomic E-state index is 12.4. The fourth-order valence-electron chi connectivity index (χ4n) is 1.11. The summed E-state index contributed by atoms with van der Waals surface area (Å²) in [7, 11) is 0. The van der Waals surface area contributed by atoms with Crippen LogP contribution < -0.4 is 5.32 Å². The van der Waals surface area contributed by atoms with Gasteiger partial charge in [-0.15, -0.1) is 18.2 Å². The van der Waals surface area contributed by atoms with E-state index in [1.807, 2.05) is 0 Å². The Balaban J connectivity index is 2.58. The van der Waals surface area contributed by atoms with Crippen molar-refractivity contribution in [2.45, 2.75) is 11.1 Å². The van der Waals surface area contributed by atoms with Gasteiger partial charge in [-0.1, -0.05) is 12.0 Å². The highest BCUT2D eigenvalue weighted by Crippen LogP contribution is 2.31. The van der Waals surface area contributed by atoms with Crippen molar-refractivity contribution in [2.24, 2.45) is 0 Å². The highest BCUT2D eigenvalue weighted by molar-refractivity contribution is 8.00. The lowest BCUT2D eigenvalue weighted by atomic mass is 10.2. The molecule has 0 saturated carbocycles. The molecule has 0 radical (unpaired) electrons. The number of halogens is 3. The molecule has 0 atom stereocenters. The summed E-state index contributed by atoms with van der Waals surface area (Å²) < 4.78 is 37.3. The molecule has 0 unspecified atom stereocenters. The van der Waals surface area contributed by atoms with E-state index in [-0.39, 0.29) is 18.2 Å². The highest BCUT2D eigenvalue weighted by atomic mass is 32.2. The number of nitrogens with one attached hydrogen (secondary N) is 1. The van der Waals surface area contributed by atoms with Crippen molar-refractivity contribution in [2.75, 3.05) is 12.3 Å². The Labute approximate surface area is 107 Å². The maximum absolute atomic E-state index is 12.4. The number of carbonyl (C=O) groups excluding carboxylic acids is 1. The van der Waals surface area contributed by atoms with Crippen molar-refractivity contribution in [3.8, 4) is 12.3 Å². The predicted octanol–water partition coefficient (Wildman–Crippen LogP) is 2.55. The molecule has 0 spiro atoms. The second-order valence-corrected chi connectivity index (χ2v) is 4.34. The minimum Gasteiger partial charge on any atom is -0.344 e. The topological polar surface area (TPSA) is 29.1 Å². The molecule has 1 N–H and O–H groups in total. The summed E-state index contributed by atoms with van der Waals surface area (Å²) in [6, 6.07) is 4.83. The second kappa shape index (κ2) is 6.36. The van der Waals surface area contributed by atoms with Gasteiger partial charge in [0.05, 0.1) is 17.9 Å². The maximum Gasteiger partial charge on any atom is 0.416 e. The standard InChI is InChI=1S/C12H10F3NOS/c1-2-6-16-11(17)8-18-10-5-3-4-9(7-10)12(13,14)15/h1,3-5,7H,6,8H2,(H,16,17). The third kappa shape index (κ3) is 4.72. The third-order valence-corrected chi connectivity index (χ3v) is 2.91. The van der Waals surface area contributed by atoms with Crippen molar-refractivity contribution >= 4 is 17.7 Å². The fourth-order valence-corrected chi connectivity index (χ4v) is 1.90. The number of rotatable bonds is 4. The summed E-state index contributed by atoms with van der Waals surface area (Å²) in [4.78, 5) is 11.6. The van der Waals surface area contributed by atoms with Crippen molar-refractivity contribution < 1.29 is 18.0 Å². The van der Waals surface area contributed by atoms with Gasteiger partial charge in [-0.05, 0) is 18.2 Å². The number of hydrogen-bond donors (Lipinski definition) is 1. The first-order chi connectivity index (χ1) is 8.43. The van der Waals surface area contributed by atoms with E-state index in [1.54, 1.807) is 0 Å². The van der Waals surface area contributed by atoms with Crippen molar-refractivity contribution in [1.82, 2.24) is 5.32 Å². The molecule has 1 amide bonds. The number of benzene rings is 1. The van der Waals surface area contributed by atoms with Crippen molar-refractivity contribution in [3.63, 3.8) is 0 Å². The van der Waals surface area contributed by atoms with Crippen LogP contribution in [0.4, 0.5) is 13.2 Å². The fraction of sp³-hybridized carbons (Fsp3) is 0.250. The molecule has 0 aliphatic rings. The van der Waals surface area contributed by atoms with Crippen molar-refractivity contribution in [3.05, 3.63) is 29.8 Å². The van der Waals surface area contributed by atoms with E-state index in [0.717, 1.165) is 23.9 Å². The van der Waals surface area contributed by atoms with Gasteiger partial charge in [-0.2, -0.15) is 13.2 Å². The van der Waals surface area contributed by atoms with Crippen LogP contribution in [-0.2, 0) is 11.0 Å². The third-order valence-electron chi connectivity index (χ3n) is 1.92. The average Bonchev–Trinajstić information content (AvgIpc) is 2.33. The molecule has 6 heteroatoms. The van der Waals surface area contributed by atoms with Crippen molar-refractivity contribution in [1.29, 1.82) is 0 Å². The average molecular weight is 273 g/mol. The van der Waals surface area contributed by atoms with Gasteiger partial charge in [0.25, 0.3) is 0 Å². The van der Waals surface area contributed by atoms with E-state index in [0.29, 0.717) is 4.90 Å². The molecule has 0 aliphatic heterocycles. The summed E-state index contributed by atoms with van der Waals surface area (Å²) in [5.74, 6) is 1.96. The monoisotopic (exact) mass is 273 g/mol. The number of amides is 1. The van der Waals surface area contributed by atoms with Crippen LogP contribution in [0.5, 0.6) is 0 Å². The summed E-state index contributed by atoms with van der Waals surface area (Å²) in [6.45, 7) is 0.113. The minimum absolute atomic E-state index is 0.0307. The molecule has 96 valence electrons. The molecule has 0 aliphatic carbocycles. The summed E-state index contributed by atoms with van der Waals surface area (Å²) >= 11 is 1.03. The molecule has 0 aromatic heterocycles. The molecular formula is C12H10F3NOS. The Hall–Kier alpha value is -1.61. The SMILES string of the molecule is C#CCNC(=O)CSc1cccc(C(F)(F)F)c1. The number of terminal acetylenes is 1. The Morgan fingerprint density at radius 3 is 2.78 bits per heavy atom. The van der Waals surface area contributed by atoms with E-state index in [1.165, 1.54) is 12.1 Å². The van der Waals surface area contributed by atoms with E-state index in [4.69, 9.17) is 6.42 Å². The number of alkyl halides is 3. The van der Waals surface area contributed by atoms with E-state index >= 15 is 0 Å². The first-order valence-electron chi connectivity index (χ1n) is 4.93.